The molecule has 0 spiro atoms. The number of benzene rings is 2. The van der Waals surface area contributed by atoms with Crippen molar-refractivity contribution in [3.63, 3.8) is 0 Å². The van der Waals surface area contributed by atoms with Crippen molar-refractivity contribution in [2.45, 2.75) is 52.6 Å². The fourth-order valence-electron chi connectivity index (χ4n) is 2.78. The zero-order valence-electron chi connectivity index (χ0n) is 16.9. The van der Waals surface area contributed by atoms with Crippen molar-refractivity contribution in [1.82, 2.24) is 10.6 Å². The minimum absolute atomic E-state index is 0.0152. The van der Waals surface area contributed by atoms with Crippen LogP contribution in [0, 0.1) is 5.92 Å². The fraction of sp³-hybridized carbons (Fsp3) is 0.391. The van der Waals surface area contributed by atoms with Gasteiger partial charge in [0, 0.05) is 12.1 Å². The molecule has 1 atom stereocenters. The molecule has 2 rings (SSSR count). The molecule has 0 aliphatic heterocycles. The Morgan fingerprint density at radius 2 is 1.52 bits per heavy atom. The van der Waals surface area contributed by atoms with Gasteiger partial charge in [-0.1, -0.05) is 77.1 Å². The van der Waals surface area contributed by atoms with Gasteiger partial charge in [-0.2, -0.15) is 0 Å². The quantitative estimate of drug-likeness (QED) is 0.810. The molecule has 0 heterocycles. The van der Waals surface area contributed by atoms with Gasteiger partial charge in [-0.15, -0.1) is 0 Å². The van der Waals surface area contributed by atoms with Gasteiger partial charge in [-0.25, -0.2) is 0 Å². The molecule has 0 aliphatic carbocycles. The van der Waals surface area contributed by atoms with Crippen LogP contribution >= 0.6 is 0 Å². The highest BCUT2D eigenvalue weighted by atomic mass is 16.2. The zero-order chi connectivity index (χ0) is 20.0. The number of hydrogen-bond donors (Lipinski definition) is 2. The van der Waals surface area contributed by atoms with Crippen LogP contribution in [-0.4, -0.2) is 17.9 Å². The van der Waals surface area contributed by atoms with E-state index in [-0.39, 0.29) is 23.1 Å². The third kappa shape index (κ3) is 5.95. The average molecular weight is 367 g/mol. The van der Waals surface area contributed by atoms with Crippen LogP contribution in [0.25, 0.3) is 0 Å². The lowest BCUT2D eigenvalue weighted by Crippen LogP contribution is -2.49. The van der Waals surface area contributed by atoms with Crippen LogP contribution in [0.1, 0.15) is 56.1 Å². The van der Waals surface area contributed by atoms with Crippen molar-refractivity contribution in [2.24, 2.45) is 5.92 Å². The highest BCUT2D eigenvalue weighted by molar-refractivity contribution is 5.97. The second kappa shape index (κ2) is 8.85. The van der Waals surface area contributed by atoms with Crippen LogP contribution in [0.3, 0.4) is 0 Å². The number of rotatable bonds is 6. The van der Waals surface area contributed by atoms with E-state index >= 15 is 0 Å². The molecule has 27 heavy (non-hydrogen) atoms. The van der Waals surface area contributed by atoms with Gasteiger partial charge in [-0.05, 0) is 34.6 Å². The van der Waals surface area contributed by atoms with Crippen molar-refractivity contribution in [2.75, 3.05) is 0 Å². The molecule has 4 nitrogen and oxygen atoms in total. The SMILES string of the molecule is CC(C)[C@H](NC(=O)c1ccc(C(C)(C)C)cc1)C(=O)NCc1ccccc1. The topological polar surface area (TPSA) is 58.2 Å². The van der Waals surface area contributed by atoms with Crippen LogP contribution in [0.2, 0.25) is 0 Å². The molecule has 0 aromatic heterocycles. The summed E-state index contributed by atoms with van der Waals surface area (Å²) in [5, 5.41) is 5.79. The Morgan fingerprint density at radius 3 is 2.04 bits per heavy atom. The summed E-state index contributed by atoms with van der Waals surface area (Å²) in [6.07, 6.45) is 0. The van der Waals surface area contributed by atoms with Crippen LogP contribution in [0.4, 0.5) is 0 Å². The summed E-state index contributed by atoms with van der Waals surface area (Å²) in [6, 6.07) is 16.7. The molecule has 0 saturated carbocycles. The first-order valence-electron chi connectivity index (χ1n) is 9.41. The lowest BCUT2D eigenvalue weighted by molar-refractivity contribution is -0.124. The Bertz CT molecular complexity index is 759. The van der Waals surface area contributed by atoms with Crippen molar-refractivity contribution < 1.29 is 9.59 Å². The molecule has 2 aromatic rings. The highest BCUT2D eigenvalue weighted by Gasteiger charge is 2.24. The molecule has 0 unspecified atom stereocenters. The van der Waals surface area contributed by atoms with E-state index in [0.717, 1.165) is 5.56 Å². The Hall–Kier alpha value is -2.62. The maximum atomic E-state index is 12.6. The van der Waals surface area contributed by atoms with Gasteiger partial charge in [0.2, 0.25) is 5.91 Å². The molecule has 2 amide bonds. The van der Waals surface area contributed by atoms with E-state index in [4.69, 9.17) is 0 Å². The van der Waals surface area contributed by atoms with E-state index in [0.29, 0.717) is 12.1 Å². The van der Waals surface area contributed by atoms with Crippen LogP contribution < -0.4 is 10.6 Å². The number of amides is 2. The maximum absolute atomic E-state index is 12.6. The Kier molecular flexibility index (Phi) is 6.78. The summed E-state index contributed by atoms with van der Waals surface area (Å²) in [6.45, 7) is 10.7. The largest absolute Gasteiger partial charge is 0.350 e. The minimum Gasteiger partial charge on any atom is -0.350 e. The number of nitrogens with one attached hydrogen (secondary N) is 2. The van der Waals surface area contributed by atoms with Crippen molar-refractivity contribution in [3.05, 3.63) is 71.3 Å². The molecule has 144 valence electrons. The predicted molar refractivity (Wildman–Crippen MR) is 110 cm³/mol. The smallest absolute Gasteiger partial charge is 0.251 e. The molecule has 2 aromatic carbocycles. The number of hydrogen-bond acceptors (Lipinski definition) is 2. The molecular formula is C23H30N2O2. The van der Waals surface area contributed by atoms with Crippen LogP contribution in [-0.2, 0) is 16.8 Å². The molecule has 0 aliphatic rings. The second-order valence-corrected chi connectivity index (χ2v) is 8.23. The normalized spacial score (nSPS) is 12.5. The van der Waals surface area contributed by atoms with Gasteiger partial charge in [0.1, 0.15) is 6.04 Å². The summed E-state index contributed by atoms with van der Waals surface area (Å²) in [5.74, 6) is -0.420. The second-order valence-electron chi connectivity index (χ2n) is 8.23. The first-order valence-corrected chi connectivity index (χ1v) is 9.41. The fourth-order valence-corrected chi connectivity index (χ4v) is 2.78. The average Bonchev–Trinajstić information content (AvgIpc) is 2.64. The van der Waals surface area contributed by atoms with E-state index < -0.39 is 6.04 Å². The van der Waals surface area contributed by atoms with E-state index in [2.05, 4.69) is 31.4 Å². The number of carbonyl (C=O) groups excluding carboxylic acids is 2. The Labute approximate surface area is 162 Å². The molecule has 0 bridgehead atoms. The van der Waals surface area contributed by atoms with E-state index in [1.54, 1.807) is 0 Å². The van der Waals surface area contributed by atoms with Gasteiger partial charge in [-0.3, -0.25) is 9.59 Å². The van der Waals surface area contributed by atoms with E-state index in [1.807, 2.05) is 68.4 Å². The number of carbonyl (C=O) groups is 2. The van der Waals surface area contributed by atoms with Gasteiger partial charge >= 0.3 is 0 Å². The van der Waals surface area contributed by atoms with Crippen molar-refractivity contribution in [3.8, 4) is 0 Å². The van der Waals surface area contributed by atoms with E-state index in [9.17, 15) is 9.59 Å². The first-order chi connectivity index (χ1) is 12.7. The van der Waals surface area contributed by atoms with Crippen molar-refractivity contribution in [1.29, 1.82) is 0 Å². The van der Waals surface area contributed by atoms with Crippen LogP contribution in [0.5, 0.6) is 0 Å². The molecule has 0 fully saturated rings. The standard InChI is InChI=1S/C23H30N2O2/c1-16(2)20(22(27)24-15-17-9-7-6-8-10-17)25-21(26)18-11-13-19(14-12-18)23(3,4)5/h6-14,16,20H,15H2,1-5H3,(H,24,27)(H,25,26)/t20-/m0/s1. The van der Waals surface area contributed by atoms with Gasteiger partial charge < -0.3 is 10.6 Å². The Balaban J connectivity index is 2.02. The zero-order valence-corrected chi connectivity index (χ0v) is 16.9. The summed E-state index contributed by atoms with van der Waals surface area (Å²) in [4.78, 5) is 25.2. The third-order valence-corrected chi connectivity index (χ3v) is 4.56. The Morgan fingerprint density at radius 1 is 0.926 bits per heavy atom. The summed E-state index contributed by atoms with van der Waals surface area (Å²) in [5.41, 5.74) is 2.79. The summed E-state index contributed by atoms with van der Waals surface area (Å²) < 4.78 is 0. The van der Waals surface area contributed by atoms with E-state index in [1.165, 1.54) is 5.56 Å². The molecule has 4 heteroatoms. The molecular weight excluding hydrogens is 336 g/mol. The molecule has 0 radical (unpaired) electrons. The minimum atomic E-state index is -0.580. The molecule has 0 saturated heterocycles. The lowest BCUT2D eigenvalue weighted by atomic mass is 9.86. The third-order valence-electron chi connectivity index (χ3n) is 4.56. The van der Waals surface area contributed by atoms with Crippen molar-refractivity contribution >= 4 is 11.8 Å². The highest BCUT2D eigenvalue weighted by Crippen LogP contribution is 2.22. The maximum Gasteiger partial charge on any atom is 0.251 e. The van der Waals surface area contributed by atoms with Gasteiger partial charge in [0.15, 0.2) is 0 Å². The van der Waals surface area contributed by atoms with Crippen LogP contribution in [0.15, 0.2) is 54.6 Å². The monoisotopic (exact) mass is 366 g/mol. The molecule has 2 N–H and O–H groups in total. The summed E-state index contributed by atoms with van der Waals surface area (Å²) in [7, 11) is 0. The van der Waals surface area contributed by atoms with Gasteiger partial charge in [0.25, 0.3) is 5.91 Å². The first kappa shape index (κ1) is 20.7. The van der Waals surface area contributed by atoms with Gasteiger partial charge in [0.05, 0.1) is 0 Å². The predicted octanol–water partition coefficient (Wildman–Crippen LogP) is 4.05. The lowest BCUT2D eigenvalue weighted by Gasteiger charge is -2.22. The summed E-state index contributed by atoms with van der Waals surface area (Å²) >= 11 is 0.